The van der Waals surface area contributed by atoms with Crippen molar-refractivity contribution in [1.29, 1.82) is 0 Å². The maximum atomic E-state index is 14.5. The van der Waals surface area contributed by atoms with Crippen LogP contribution < -0.4 is 5.56 Å². The van der Waals surface area contributed by atoms with Gasteiger partial charge >= 0.3 is 0 Å². The summed E-state index contributed by atoms with van der Waals surface area (Å²) in [4.78, 5) is 11.6. The highest BCUT2D eigenvalue weighted by Crippen LogP contribution is 2.32. The van der Waals surface area contributed by atoms with Crippen LogP contribution in [0.1, 0.15) is 29.0 Å². The first-order valence-electron chi connectivity index (χ1n) is 8.37. The molecule has 0 saturated carbocycles. The van der Waals surface area contributed by atoms with Gasteiger partial charge in [0, 0.05) is 41.7 Å². The lowest BCUT2D eigenvalue weighted by Crippen LogP contribution is -2.18. The smallest absolute Gasteiger partial charge is 0.250 e. The second-order valence-electron chi connectivity index (χ2n) is 6.24. The Balaban J connectivity index is 2.04. The van der Waals surface area contributed by atoms with Crippen LogP contribution in [0.2, 0.25) is 0 Å². The van der Waals surface area contributed by atoms with Crippen molar-refractivity contribution in [2.24, 2.45) is 12.2 Å². The lowest BCUT2D eigenvalue weighted by atomic mass is 9.85. The number of hydrogen-bond donors (Lipinski definition) is 1. The first-order chi connectivity index (χ1) is 13.0. The third kappa shape index (κ3) is 4.34. The number of hydrogen-bond acceptors (Lipinski definition) is 3. The van der Waals surface area contributed by atoms with Crippen LogP contribution in [-0.4, -0.2) is 15.5 Å². The minimum absolute atomic E-state index is 0.158. The average Bonchev–Trinajstić information content (AvgIpc) is 2.67. The lowest BCUT2D eigenvalue weighted by molar-refractivity contribution is 0.317. The van der Waals surface area contributed by atoms with Crippen molar-refractivity contribution in [3.05, 3.63) is 104 Å². The Kier molecular flexibility index (Phi) is 5.86. The lowest BCUT2D eigenvalue weighted by Gasteiger charge is -2.20. The highest BCUT2D eigenvalue weighted by Gasteiger charge is 2.21. The minimum atomic E-state index is -0.345. The molecule has 1 aromatic heterocycles. The summed E-state index contributed by atoms with van der Waals surface area (Å²) in [5.41, 5.74) is 2.24. The molecule has 0 fully saturated rings. The summed E-state index contributed by atoms with van der Waals surface area (Å²) in [6.45, 7) is 0. The molecule has 1 atom stereocenters. The highest BCUT2D eigenvalue weighted by atomic mass is 79.9. The third-order valence-electron chi connectivity index (χ3n) is 4.49. The Morgan fingerprint density at radius 1 is 1.15 bits per heavy atom. The Morgan fingerprint density at radius 3 is 2.48 bits per heavy atom. The predicted octanol–water partition coefficient (Wildman–Crippen LogP) is 4.69. The topological polar surface area (TPSA) is 54.6 Å². The minimum Gasteiger partial charge on any atom is -0.411 e. The number of aryl methyl sites for hydroxylation is 1. The fraction of sp³-hybridized carbons (Fsp3) is 0.143. The number of oxime groups is 1. The molecule has 3 rings (SSSR count). The summed E-state index contributed by atoms with van der Waals surface area (Å²) in [5.74, 6) is -0.661. The van der Waals surface area contributed by atoms with Crippen molar-refractivity contribution in [1.82, 2.24) is 4.57 Å². The molecule has 0 amide bonds. The molecular formula is C21H18BrFN2O2. The molecule has 0 aliphatic carbocycles. The fourth-order valence-corrected chi connectivity index (χ4v) is 3.30. The molecule has 0 aliphatic heterocycles. The maximum absolute atomic E-state index is 14.5. The van der Waals surface area contributed by atoms with Gasteiger partial charge in [-0.1, -0.05) is 51.4 Å². The van der Waals surface area contributed by atoms with Crippen molar-refractivity contribution < 1.29 is 9.60 Å². The molecule has 0 radical (unpaired) electrons. The van der Waals surface area contributed by atoms with Crippen LogP contribution in [0.4, 0.5) is 4.39 Å². The van der Waals surface area contributed by atoms with E-state index in [1.165, 1.54) is 16.7 Å². The highest BCUT2D eigenvalue weighted by molar-refractivity contribution is 9.10. The van der Waals surface area contributed by atoms with Gasteiger partial charge in [0.15, 0.2) is 0 Å². The number of pyridine rings is 1. The normalized spacial score (nSPS) is 12.8. The largest absolute Gasteiger partial charge is 0.411 e. The van der Waals surface area contributed by atoms with E-state index in [0.29, 0.717) is 16.8 Å². The SMILES string of the molecule is Cn1cc(C(CC(c2ccc(Br)cc2)c2ccccc2F)=NO)ccc1=O. The van der Waals surface area contributed by atoms with E-state index in [0.717, 1.165) is 10.0 Å². The number of rotatable bonds is 5. The van der Waals surface area contributed by atoms with Gasteiger partial charge in [-0.15, -0.1) is 0 Å². The number of nitrogens with zero attached hydrogens (tertiary/aromatic N) is 2. The zero-order valence-corrected chi connectivity index (χ0v) is 16.2. The molecule has 0 bridgehead atoms. The Labute approximate surface area is 164 Å². The average molecular weight is 429 g/mol. The van der Waals surface area contributed by atoms with E-state index >= 15 is 0 Å². The van der Waals surface area contributed by atoms with Crippen LogP contribution in [-0.2, 0) is 7.05 Å². The van der Waals surface area contributed by atoms with E-state index in [1.54, 1.807) is 37.5 Å². The molecule has 0 spiro atoms. The molecule has 27 heavy (non-hydrogen) atoms. The maximum Gasteiger partial charge on any atom is 0.250 e. The van der Waals surface area contributed by atoms with Gasteiger partial charge in [0.05, 0.1) is 5.71 Å². The van der Waals surface area contributed by atoms with Gasteiger partial charge in [-0.2, -0.15) is 0 Å². The van der Waals surface area contributed by atoms with Crippen LogP contribution >= 0.6 is 15.9 Å². The van der Waals surface area contributed by atoms with Crippen molar-refractivity contribution in [2.75, 3.05) is 0 Å². The second kappa shape index (κ2) is 8.31. The van der Waals surface area contributed by atoms with Crippen molar-refractivity contribution in [3.8, 4) is 0 Å². The van der Waals surface area contributed by atoms with E-state index in [1.807, 2.05) is 24.3 Å². The van der Waals surface area contributed by atoms with Crippen molar-refractivity contribution in [2.45, 2.75) is 12.3 Å². The van der Waals surface area contributed by atoms with Crippen LogP contribution in [0.5, 0.6) is 0 Å². The van der Waals surface area contributed by atoms with E-state index < -0.39 is 0 Å². The first kappa shape index (κ1) is 19.0. The van der Waals surface area contributed by atoms with Gasteiger partial charge in [-0.3, -0.25) is 4.79 Å². The van der Waals surface area contributed by atoms with Crippen LogP contribution in [0.3, 0.4) is 0 Å². The summed E-state index contributed by atoms with van der Waals surface area (Å²) in [5, 5.41) is 13.0. The standard InChI is InChI=1S/C21H18BrFN2O2/c1-25-13-15(8-11-21(25)26)20(24-27)12-18(14-6-9-16(22)10-7-14)17-4-2-3-5-19(17)23/h2-11,13,18,27H,12H2,1H3. The molecule has 0 aliphatic rings. The summed E-state index contributed by atoms with van der Waals surface area (Å²) in [7, 11) is 1.63. The first-order valence-corrected chi connectivity index (χ1v) is 9.16. The summed E-state index contributed by atoms with van der Waals surface area (Å²) in [6, 6.07) is 17.2. The van der Waals surface area contributed by atoms with E-state index in [-0.39, 0.29) is 23.7 Å². The molecule has 138 valence electrons. The molecule has 0 saturated heterocycles. The Bertz CT molecular complexity index is 1030. The number of halogens is 2. The fourth-order valence-electron chi connectivity index (χ4n) is 3.03. The van der Waals surface area contributed by atoms with E-state index in [4.69, 9.17) is 0 Å². The number of benzene rings is 2. The summed E-state index contributed by atoms with van der Waals surface area (Å²) >= 11 is 3.41. The van der Waals surface area contributed by atoms with Gasteiger partial charge in [0.2, 0.25) is 5.56 Å². The molecule has 1 N–H and O–H groups in total. The van der Waals surface area contributed by atoms with Crippen LogP contribution in [0.15, 0.2) is 81.3 Å². The van der Waals surface area contributed by atoms with Gasteiger partial charge in [0.1, 0.15) is 5.82 Å². The monoisotopic (exact) mass is 428 g/mol. The van der Waals surface area contributed by atoms with Crippen molar-refractivity contribution >= 4 is 21.6 Å². The predicted molar refractivity (Wildman–Crippen MR) is 107 cm³/mol. The van der Waals surface area contributed by atoms with Gasteiger partial charge in [0.25, 0.3) is 0 Å². The molecule has 6 heteroatoms. The third-order valence-corrected chi connectivity index (χ3v) is 5.02. The van der Waals surface area contributed by atoms with Crippen LogP contribution in [0.25, 0.3) is 0 Å². The molecule has 4 nitrogen and oxygen atoms in total. The zero-order chi connectivity index (χ0) is 19.4. The van der Waals surface area contributed by atoms with Gasteiger partial charge < -0.3 is 9.77 Å². The van der Waals surface area contributed by atoms with Crippen molar-refractivity contribution in [3.63, 3.8) is 0 Å². The molecule has 2 aromatic carbocycles. The number of aromatic nitrogens is 1. The summed E-state index contributed by atoms with van der Waals surface area (Å²) in [6.07, 6.45) is 1.88. The second-order valence-corrected chi connectivity index (χ2v) is 7.16. The van der Waals surface area contributed by atoms with Crippen LogP contribution in [0, 0.1) is 5.82 Å². The zero-order valence-electron chi connectivity index (χ0n) is 14.6. The molecule has 1 heterocycles. The Hall–Kier alpha value is -2.73. The van der Waals surface area contributed by atoms with E-state index in [2.05, 4.69) is 21.1 Å². The summed E-state index contributed by atoms with van der Waals surface area (Å²) < 4.78 is 16.9. The Morgan fingerprint density at radius 2 is 1.85 bits per heavy atom. The van der Waals surface area contributed by atoms with E-state index in [9.17, 15) is 14.4 Å². The quantitative estimate of drug-likeness (QED) is 0.364. The molecule has 3 aromatic rings. The molecule has 1 unspecified atom stereocenters. The van der Waals surface area contributed by atoms with Gasteiger partial charge in [-0.25, -0.2) is 4.39 Å². The molecular weight excluding hydrogens is 411 g/mol. The van der Waals surface area contributed by atoms with Gasteiger partial charge in [-0.05, 0) is 35.4 Å².